The molecule has 0 heterocycles. The molecule has 5 heteroatoms. The Morgan fingerprint density at radius 1 is 1.40 bits per heavy atom. The first-order valence-electron chi connectivity index (χ1n) is 4.94. The molecule has 0 atom stereocenters. The molecule has 0 aliphatic heterocycles. The van der Waals surface area contributed by atoms with Crippen LogP contribution in [0, 0.1) is 0 Å². The van der Waals surface area contributed by atoms with Gasteiger partial charge in [-0.2, -0.15) is 0 Å². The highest BCUT2D eigenvalue weighted by Crippen LogP contribution is 2.35. The summed E-state index contributed by atoms with van der Waals surface area (Å²) in [5.41, 5.74) is -0.949. The van der Waals surface area contributed by atoms with E-state index >= 15 is 0 Å². The number of carboxylic acid groups (broad SMARTS) is 1. The van der Waals surface area contributed by atoms with Crippen LogP contribution in [0.15, 0.2) is 0 Å². The highest BCUT2D eigenvalue weighted by Gasteiger charge is 2.51. The number of thioether (sulfide) groups is 1. The lowest BCUT2D eigenvalue weighted by Crippen LogP contribution is -2.44. The number of aliphatic carboxylic acids is 1. The van der Waals surface area contributed by atoms with Gasteiger partial charge in [-0.15, -0.1) is 11.8 Å². The van der Waals surface area contributed by atoms with E-state index in [1.165, 1.54) is 11.8 Å². The molecule has 0 radical (unpaired) electrons. The normalized spacial score (nSPS) is 18.3. The van der Waals surface area contributed by atoms with Gasteiger partial charge in [0.15, 0.2) is 0 Å². The summed E-state index contributed by atoms with van der Waals surface area (Å²) < 4.78 is 0.0251. The molecule has 4 nitrogen and oxygen atoms in total. The largest absolute Gasteiger partial charge is 0.480 e. The van der Waals surface area contributed by atoms with Crippen molar-refractivity contribution in [1.82, 2.24) is 5.32 Å². The highest BCUT2D eigenvalue weighted by atomic mass is 32.2. The number of rotatable bonds is 4. The van der Waals surface area contributed by atoms with E-state index in [9.17, 15) is 9.59 Å². The average molecular weight is 231 g/mol. The van der Waals surface area contributed by atoms with E-state index in [2.05, 4.69) is 5.32 Å². The van der Waals surface area contributed by atoms with Crippen molar-refractivity contribution >= 4 is 23.6 Å². The number of carboxylic acids is 1. The maximum absolute atomic E-state index is 11.5. The zero-order valence-electron chi connectivity index (χ0n) is 9.29. The molecule has 1 fully saturated rings. The van der Waals surface area contributed by atoms with E-state index < -0.39 is 11.5 Å². The summed E-state index contributed by atoms with van der Waals surface area (Å²) in [4.78, 5) is 22.3. The van der Waals surface area contributed by atoms with Crippen LogP contribution in [-0.4, -0.2) is 33.0 Å². The maximum atomic E-state index is 11.5. The van der Waals surface area contributed by atoms with Crippen LogP contribution in [0.1, 0.15) is 33.6 Å². The zero-order chi connectivity index (χ0) is 11.7. The third-order valence-electron chi connectivity index (χ3n) is 2.17. The summed E-state index contributed by atoms with van der Waals surface area (Å²) in [5.74, 6) is -0.787. The van der Waals surface area contributed by atoms with Gasteiger partial charge in [-0.3, -0.25) is 4.79 Å². The summed E-state index contributed by atoms with van der Waals surface area (Å²) in [7, 11) is 0. The molecule has 2 N–H and O–H groups in total. The van der Waals surface area contributed by atoms with Crippen LogP contribution in [0.25, 0.3) is 0 Å². The molecule has 0 aromatic heterocycles. The number of hydrogen-bond donors (Lipinski definition) is 2. The lowest BCUT2D eigenvalue weighted by Gasteiger charge is -2.18. The molecule has 0 unspecified atom stereocenters. The van der Waals surface area contributed by atoms with Gasteiger partial charge in [-0.25, -0.2) is 4.79 Å². The monoisotopic (exact) mass is 231 g/mol. The van der Waals surface area contributed by atoms with Crippen LogP contribution < -0.4 is 5.32 Å². The van der Waals surface area contributed by atoms with Crippen LogP contribution in [0.4, 0.5) is 0 Å². The Hall–Kier alpha value is -0.710. The summed E-state index contributed by atoms with van der Waals surface area (Å²) >= 11 is 1.52. The molecule has 1 aliphatic rings. The smallest absolute Gasteiger partial charge is 0.329 e. The van der Waals surface area contributed by atoms with Gasteiger partial charge in [0.05, 0.1) is 5.75 Å². The topological polar surface area (TPSA) is 66.4 Å². The van der Waals surface area contributed by atoms with Crippen molar-refractivity contribution in [2.75, 3.05) is 5.75 Å². The SMILES string of the molecule is CC(C)(C)SCC(=O)NC1(C(=O)O)CC1. The van der Waals surface area contributed by atoms with E-state index in [1.807, 2.05) is 20.8 Å². The van der Waals surface area contributed by atoms with Crippen LogP contribution in [-0.2, 0) is 9.59 Å². The van der Waals surface area contributed by atoms with E-state index in [-0.39, 0.29) is 10.7 Å². The van der Waals surface area contributed by atoms with Gasteiger partial charge in [0.25, 0.3) is 0 Å². The molecule has 1 saturated carbocycles. The molecule has 0 spiro atoms. The Bertz CT molecular complexity index is 279. The molecule has 0 aromatic carbocycles. The molecule has 15 heavy (non-hydrogen) atoms. The van der Waals surface area contributed by atoms with Gasteiger partial charge >= 0.3 is 5.97 Å². The Kier molecular flexibility index (Phi) is 3.33. The molecule has 0 bridgehead atoms. The van der Waals surface area contributed by atoms with Crippen molar-refractivity contribution in [2.24, 2.45) is 0 Å². The van der Waals surface area contributed by atoms with Gasteiger partial charge in [0.2, 0.25) is 5.91 Å². The number of amides is 1. The second kappa shape index (κ2) is 4.04. The average Bonchev–Trinajstić information content (AvgIpc) is 2.81. The van der Waals surface area contributed by atoms with E-state index in [0.717, 1.165) is 0 Å². The first-order valence-corrected chi connectivity index (χ1v) is 5.92. The van der Waals surface area contributed by atoms with E-state index in [0.29, 0.717) is 18.6 Å². The number of carbonyl (C=O) groups is 2. The maximum Gasteiger partial charge on any atom is 0.329 e. The number of hydrogen-bond acceptors (Lipinski definition) is 3. The van der Waals surface area contributed by atoms with Crippen LogP contribution >= 0.6 is 11.8 Å². The molecule has 0 saturated heterocycles. The first-order chi connectivity index (χ1) is 6.75. The molecule has 1 amide bonds. The number of nitrogens with one attached hydrogen (secondary N) is 1. The minimum absolute atomic E-state index is 0.0251. The third-order valence-corrected chi connectivity index (χ3v) is 3.45. The predicted molar refractivity (Wildman–Crippen MR) is 60.0 cm³/mol. The van der Waals surface area contributed by atoms with Gasteiger partial charge in [-0.05, 0) is 12.8 Å². The van der Waals surface area contributed by atoms with Crippen LogP contribution in [0.5, 0.6) is 0 Å². The van der Waals surface area contributed by atoms with E-state index in [4.69, 9.17) is 5.11 Å². The van der Waals surface area contributed by atoms with E-state index in [1.54, 1.807) is 0 Å². The Balaban J connectivity index is 2.34. The van der Waals surface area contributed by atoms with Crippen LogP contribution in [0.2, 0.25) is 0 Å². The Morgan fingerprint density at radius 3 is 2.27 bits per heavy atom. The van der Waals surface area contributed by atoms with Crippen molar-refractivity contribution < 1.29 is 14.7 Å². The van der Waals surface area contributed by atoms with Crippen molar-refractivity contribution in [3.05, 3.63) is 0 Å². The van der Waals surface area contributed by atoms with Gasteiger partial charge in [-0.1, -0.05) is 20.8 Å². The summed E-state index contributed by atoms with van der Waals surface area (Å²) in [6, 6.07) is 0. The van der Waals surface area contributed by atoms with Gasteiger partial charge in [0.1, 0.15) is 5.54 Å². The molecule has 1 aliphatic carbocycles. The summed E-state index contributed by atoms with van der Waals surface area (Å²) in [6.07, 6.45) is 1.10. The van der Waals surface area contributed by atoms with Crippen molar-refractivity contribution in [3.63, 3.8) is 0 Å². The fourth-order valence-electron chi connectivity index (χ4n) is 1.10. The summed E-state index contributed by atoms with van der Waals surface area (Å²) in [5, 5.41) is 11.4. The summed E-state index contributed by atoms with van der Waals surface area (Å²) in [6.45, 7) is 6.07. The molecular formula is C10H17NO3S. The zero-order valence-corrected chi connectivity index (χ0v) is 10.1. The second-order valence-corrected chi connectivity index (χ2v) is 6.64. The first kappa shape index (κ1) is 12.4. The lowest BCUT2D eigenvalue weighted by atomic mass is 10.3. The Labute approximate surface area is 93.8 Å². The van der Waals surface area contributed by atoms with Crippen molar-refractivity contribution in [3.8, 4) is 0 Å². The molecule has 86 valence electrons. The molecule has 1 rings (SSSR count). The Morgan fingerprint density at radius 2 is 1.93 bits per heavy atom. The minimum atomic E-state index is -0.949. The fourth-order valence-corrected chi connectivity index (χ4v) is 1.74. The predicted octanol–water partition coefficient (Wildman–Crippen LogP) is 1.25. The molecule has 0 aromatic rings. The van der Waals surface area contributed by atoms with Crippen molar-refractivity contribution in [1.29, 1.82) is 0 Å². The highest BCUT2D eigenvalue weighted by molar-refractivity contribution is 8.01. The standard InChI is InChI=1S/C10H17NO3S/c1-9(2,3)15-6-7(12)11-10(4-5-10)8(13)14/h4-6H2,1-3H3,(H,11,12)(H,13,14). The van der Waals surface area contributed by atoms with Gasteiger partial charge < -0.3 is 10.4 Å². The fraction of sp³-hybridized carbons (Fsp3) is 0.800. The minimum Gasteiger partial charge on any atom is -0.480 e. The lowest BCUT2D eigenvalue weighted by molar-refractivity contribution is -0.142. The van der Waals surface area contributed by atoms with Gasteiger partial charge in [0, 0.05) is 4.75 Å². The van der Waals surface area contributed by atoms with Crippen molar-refractivity contribution in [2.45, 2.75) is 43.9 Å². The van der Waals surface area contributed by atoms with Crippen LogP contribution in [0.3, 0.4) is 0 Å². The quantitative estimate of drug-likeness (QED) is 0.764. The second-order valence-electron chi connectivity index (χ2n) is 4.84. The molecular weight excluding hydrogens is 214 g/mol. The third kappa shape index (κ3) is 3.74. The number of carbonyl (C=O) groups excluding carboxylic acids is 1.